The van der Waals surface area contributed by atoms with Gasteiger partial charge < -0.3 is 9.84 Å². The molecule has 0 bridgehead atoms. The van der Waals surface area contributed by atoms with Crippen LogP contribution < -0.4 is 4.74 Å². The highest BCUT2D eigenvalue weighted by Gasteiger charge is 2.31. The Bertz CT molecular complexity index is 301. The van der Waals surface area contributed by atoms with Gasteiger partial charge in [0, 0.05) is 0 Å². The molecule has 0 radical (unpaired) electrons. The molecule has 1 aliphatic carbocycles. The first-order valence-corrected chi connectivity index (χ1v) is 4.74. The fourth-order valence-electron chi connectivity index (χ4n) is 1.29. The standard InChI is InChI=1S/C10H11ClO2/c11-7-3-1-2-4-9(7)13-10-6-5-8(10)12/h1-4,8,10,12H,5-6H2/t8-,10-/m1/s1. The molecule has 1 saturated carbocycles. The Morgan fingerprint density at radius 2 is 2.08 bits per heavy atom. The van der Waals surface area contributed by atoms with Crippen LogP contribution in [0.15, 0.2) is 24.3 Å². The fraction of sp³-hybridized carbons (Fsp3) is 0.400. The van der Waals surface area contributed by atoms with E-state index < -0.39 is 0 Å². The molecule has 1 aromatic rings. The maximum absolute atomic E-state index is 9.29. The monoisotopic (exact) mass is 198 g/mol. The molecule has 0 aromatic heterocycles. The van der Waals surface area contributed by atoms with Gasteiger partial charge in [-0.2, -0.15) is 0 Å². The van der Waals surface area contributed by atoms with E-state index in [-0.39, 0.29) is 12.2 Å². The van der Waals surface area contributed by atoms with Crippen molar-refractivity contribution in [1.29, 1.82) is 0 Å². The Labute approximate surface area is 82.1 Å². The van der Waals surface area contributed by atoms with Crippen molar-refractivity contribution in [2.45, 2.75) is 25.0 Å². The largest absolute Gasteiger partial charge is 0.486 e. The Morgan fingerprint density at radius 3 is 2.62 bits per heavy atom. The van der Waals surface area contributed by atoms with Crippen LogP contribution in [0.2, 0.25) is 5.02 Å². The summed E-state index contributed by atoms with van der Waals surface area (Å²) in [5.74, 6) is 0.660. The van der Waals surface area contributed by atoms with Crippen molar-refractivity contribution in [2.75, 3.05) is 0 Å². The molecule has 70 valence electrons. The summed E-state index contributed by atoms with van der Waals surface area (Å²) in [5.41, 5.74) is 0. The van der Waals surface area contributed by atoms with Crippen molar-refractivity contribution in [1.82, 2.24) is 0 Å². The molecule has 13 heavy (non-hydrogen) atoms. The van der Waals surface area contributed by atoms with Gasteiger partial charge in [0.2, 0.25) is 0 Å². The number of benzene rings is 1. The molecular formula is C10H11ClO2. The average Bonchev–Trinajstić information content (AvgIpc) is 2.14. The third-order valence-electron chi connectivity index (χ3n) is 2.29. The minimum atomic E-state index is -0.323. The van der Waals surface area contributed by atoms with Crippen molar-refractivity contribution in [2.24, 2.45) is 0 Å². The number of rotatable bonds is 2. The summed E-state index contributed by atoms with van der Waals surface area (Å²) in [6, 6.07) is 7.31. The van der Waals surface area contributed by atoms with Crippen molar-refractivity contribution >= 4 is 11.6 Å². The first kappa shape index (κ1) is 8.85. The second kappa shape index (κ2) is 3.56. The van der Waals surface area contributed by atoms with Crippen LogP contribution in [-0.2, 0) is 0 Å². The molecule has 0 unspecified atom stereocenters. The summed E-state index contributed by atoms with van der Waals surface area (Å²) in [7, 11) is 0. The fourth-order valence-corrected chi connectivity index (χ4v) is 1.47. The van der Waals surface area contributed by atoms with Gasteiger partial charge in [0.25, 0.3) is 0 Å². The van der Waals surface area contributed by atoms with E-state index >= 15 is 0 Å². The molecule has 2 rings (SSSR count). The van der Waals surface area contributed by atoms with E-state index in [4.69, 9.17) is 16.3 Å². The minimum Gasteiger partial charge on any atom is -0.486 e. The SMILES string of the molecule is O[C@@H]1CC[C@H]1Oc1ccccc1Cl. The topological polar surface area (TPSA) is 29.5 Å². The zero-order valence-electron chi connectivity index (χ0n) is 7.11. The summed E-state index contributed by atoms with van der Waals surface area (Å²) in [6.07, 6.45) is 1.35. The lowest BCUT2D eigenvalue weighted by atomic mass is 9.92. The highest BCUT2D eigenvalue weighted by atomic mass is 35.5. The van der Waals surface area contributed by atoms with E-state index in [0.717, 1.165) is 12.8 Å². The summed E-state index contributed by atoms with van der Waals surface area (Å²) in [6.45, 7) is 0. The molecule has 1 N–H and O–H groups in total. The van der Waals surface area contributed by atoms with Gasteiger partial charge in [-0.05, 0) is 25.0 Å². The molecular weight excluding hydrogens is 188 g/mol. The number of halogens is 1. The van der Waals surface area contributed by atoms with Gasteiger partial charge in [-0.25, -0.2) is 0 Å². The van der Waals surface area contributed by atoms with Crippen LogP contribution in [0.4, 0.5) is 0 Å². The third kappa shape index (κ3) is 1.79. The summed E-state index contributed by atoms with van der Waals surface area (Å²) < 4.78 is 5.51. The van der Waals surface area contributed by atoms with Crippen LogP contribution >= 0.6 is 11.6 Å². The molecule has 1 aromatic carbocycles. The molecule has 0 heterocycles. The van der Waals surface area contributed by atoms with Crippen molar-refractivity contribution in [3.8, 4) is 5.75 Å². The van der Waals surface area contributed by atoms with Gasteiger partial charge in [0.1, 0.15) is 11.9 Å². The zero-order chi connectivity index (χ0) is 9.26. The second-order valence-corrected chi connectivity index (χ2v) is 3.64. The molecule has 0 spiro atoms. The number of ether oxygens (including phenoxy) is 1. The Hall–Kier alpha value is -0.730. The Balaban J connectivity index is 2.05. The summed E-state index contributed by atoms with van der Waals surface area (Å²) in [5, 5.41) is 9.89. The molecule has 0 saturated heterocycles. The van der Waals surface area contributed by atoms with Gasteiger partial charge >= 0.3 is 0 Å². The number of aliphatic hydroxyl groups is 1. The molecule has 0 aliphatic heterocycles. The predicted molar refractivity (Wildman–Crippen MR) is 51.1 cm³/mol. The van der Waals surface area contributed by atoms with E-state index in [1.54, 1.807) is 6.07 Å². The van der Waals surface area contributed by atoms with Crippen molar-refractivity contribution < 1.29 is 9.84 Å². The Kier molecular flexibility index (Phi) is 2.42. The lowest BCUT2D eigenvalue weighted by Gasteiger charge is -2.32. The van der Waals surface area contributed by atoms with Crippen molar-refractivity contribution in [3.05, 3.63) is 29.3 Å². The molecule has 2 nitrogen and oxygen atoms in total. The van der Waals surface area contributed by atoms with E-state index in [1.807, 2.05) is 18.2 Å². The lowest BCUT2D eigenvalue weighted by Crippen LogP contribution is -2.41. The molecule has 1 fully saturated rings. The lowest BCUT2D eigenvalue weighted by molar-refractivity contribution is -0.0361. The number of hydrogen-bond donors (Lipinski definition) is 1. The second-order valence-electron chi connectivity index (χ2n) is 3.23. The first-order valence-electron chi connectivity index (χ1n) is 4.36. The van der Waals surface area contributed by atoms with Gasteiger partial charge in [0.15, 0.2) is 0 Å². The third-order valence-corrected chi connectivity index (χ3v) is 2.60. The normalized spacial score (nSPS) is 26.6. The van der Waals surface area contributed by atoms with Gasteiger partial charge in [0.05, 0.1) is 11.1 Å². The maximum Gasteiger partial charge on any atom is 0.138 e. The number of aliphatic hydroxyl groups excluding tert-OH is 1. The highest BCUT2D eigenvalue weighted by molar-refractivity contribution is 6.32. The van der Waals surface area contributed by atoms with Gasteiger partial charge in [-0.15, -0.1) is 0 Å². The predicted octanol–water partition coefficient (Wildman–Crippen LogP) is 2.24. The molecule has 0 amide bonds. The minimum absolute atomic E-state index is 0.0695. The quantitative estimate of drug-likeness (QED) is 0.790. The van der Waals surface area contributed by atoms with E-state index in [9.17, 15) is 5.11 Å². The Morgan fingerprint density at radius 1 is 1.31 bits per heavy atom. The summed E-state index contributed by atoms with van der Waals surface area (Å²) >= 11 is 5.89. The van der Waals surface area contributed by atoms with E-state index in [0.29, 0.717) is 10.8 Å². The van der Waals surface area contributed by atoms with E-state index in [2.05, 4.69) is 0 Å². The molecule has 2 atom stereocenters. The summed E-state index contributed by atoms with van der Waals surface area (Å²) in [4.78, 5) is 0. The van der Waals surface area contributed by atoms with Crippen LogP contribution in [0.3, 0.4) is 0 Å². The maximum atomic E-state index is 9.29. The molecule has 3 heteroatoms. The van der Waals surface area contributed by atoms with Crippen LogP contribution in [0, 0.1) is 0 Å². The van der Waals surface area contributed by atoms with Crippen LogP contribution in [0.25, 0.3) is 0 Å². The zero-order valence-corrected chi connectivity index (χ0v) is 7.87. The van der Waals surface area contributed by atoms with Gasteiger partial charge in [-0.1, -0.05) is 23.7 Å². The van der Waals surface area contributed by atoms with Gasteiger partial charge in [-0.3, -0.25) is 0 Å². The number of para-hydroxylation sites is 1. The van der Waals surface area contributed by atoms with Crippen LogP contribution in [-0.4, -0.2) is 17.3 Å². The van der Waals surface area contributed by atoms with Crippen molar-refractivity contribution in [3.63, 3.8) is 0 Å². The van der Waals surface area contributed by atoms with Crippen LogP contribution in [0.1, 0.15) is 12.8 Å². The molecule has 1 aliphatic rings. The number of hydrogen-bond acceptors (Lipinski definition) is 2. The van der Waals surface area contributed by atoms with E-state index in [1.165, 1.54) is 0 Å². The smallest absolute Gasteiger partial charge is 0.138 e. The first-order chi connectivity index (χ1) is 6.27. The average molecular weight is 199 g/mol. The van der Waals surface area contributed by atoms with Crippen LogP contribution in [0.5, 0.6) is 5.75 Å². The highest BCUT2D eigenvalue weighted by Crippen LogP contribution is 2.30.